The molecule has 1 fully saturated rings. The van der Waals surface area contributed by atoms with E-state index in [0.29, 0.717) is 20.0 Å². The zero-order valence-corrected chi connectivity index (χ0v) is 21.9. The molecule has 0 aliphatic carbocycles. The maximum atomic E-state index is 12.7. The minimum absolute atomic E-state index is 0.104. The van der Waals surface area contributed by atoms with Gasteiger partial charge in [-0.2, -0.15) is 0 Å². The van der Waals surface area contributed by atoms with Crippen LogP contribution in [0.15, 0.2) is 35.2 Å². The number of aromatic hydroxyl groups is 1. The minimum Gasteiger partial charge on any atom is -0.506 e. The third kappa shape index (κ3) is 5.31. The van der Waals surface area contributed by atoms with Crippen LogP contribution in [0.25, 0.3) is 6.08 Å². The lowest BCUT2D eigenvalue weighted by Crippen LogP contribution is -2.32. The summed E-state index contributed by atoms with van der Waals surface area (Å²) in [6.07, 6.45) is 1.57. The topological polar surface area (TPSA) is 66.8 Å². The van der Waals surface area contributed by atoms with Crippen molar-refractivity contribution < 1.29 is 19.4 Å². The molecule has 1 aliphatic rings. The molecule has 0 spiro atoms. The number of carbonyl (C=O) groups is 2. The van der Waals surface area contributed by atoms with Gasteiger partial charge in [0.1, 0.15) is 18.1 Å². The molecule has 0 unspecified atom stereocenters. The molecule has 0 atom stereocenters. The van der Waals surface area contributed by atoms with Gasteiger partial charge in [-0.15, -0.1) is 0 Å². The van der Waals surface area contributed by atoms with Gasteiger partial charge in [0.25, 0.3) is 11.1 Å². The van der Waals surface area contributed by atoms with E-state index in [1.54, 1.807) is 12.1 Å². The number of carbonyl (C=O) groups excluding carboxylic acids is 2. The van der Waals surface area contributed by atoms with E-state index < -0.39 is 0 Å². The number of benzene rings is 2. The smallest absolute Gasteiger partial charge is 0.293 e. The number of nitrogens with zero attached hydrogens (tertiary/aromatic N) is 1. The Labute approximate surface area is 207 Å². The summed E-state index contributed by atoms with van der Waals surface area (Å²) in [6, 6.07) is 9.69. The number of hydrogen-bond donors (Lipinski definition) is 1. The molecule has 0 saturated carbocycles. The molecular formula is C22H21I2NO4S. The van der Waals surface area contributed by atoms with E-state index in [9.17, 15) is 14.7 Å². The average Bonchev–Trinajstić information content (AvgIpc) is 2.93. The normalized spacial score (nSPS) is 15.5. The molecule has 1 aliphatic heterocycles. The van der Waals surface area contributed by atoms with Crippen molar-refractivity contribution in [1.29, 1.82) is 0 Å². The predicted octanol–water partition coefficient (Wildman–Crippen LogP) is 6.15. The van der Waals surface area contributed by atoms with Gasteiger partial charge in [0.05, 0.1) is 15.0 Å². The summed E-state index contributed by atoms with van der Waals surface area (Å²) in [6.45, 7) is 6.59. The molecule has 2 amide bonds. The maximum absolute atomic E-state index is 12.7. The number of amides is 2. The van der Waals surface area contributed by atoms with Crippen LogP contribution in [0.5, 0.6) is 11.5 Å². The van der Waals surface area contributed by atoms with Gasteiger partial charge in [0, 0.05) is 9.13 Å². The van der Waals surface area contributed by atoms with Gasteiger partial charge in [-0.1, -0.05) is 26.0 Å². The number of phenolic OH excluding ortho intramolecular Hbond substituents is 1. The molecule has 30 heavy (non-hydrogen) atoms. The van der Waals surface area contributed by atoms with Crippen LogP contribution in [0, 0.1) is 14.1 Å². The second-order valence-electron chi connectivity index (χ2n) is 7.20. The van der Waals surface area contributed by atoms with Crippen molar-refractivity contribution in [1.82, 2.24) is 4.90 Å². The number of hydrogen-bond acceptors (Lipinski definition) is 5. The summed E-state index contributed by atoms with van der Waals surface area (Å²) < 4.78 is 7.56. The predicted molar refractivity (Wildman–Crippen MR) is 137 cm³/mol. The van der Waals surface area contributed by atoms with Crippen molar-refractivity contribution in [3.8, 4) is 11.5 Å². The van der Waals surface area contributed by atoms with E-state index in [1.807, 2.05) is 53.8 Å². The van der Waals surface area contributed by atoms with E-state index in [1.165, 1.54) is 4.90 Å². The summed E-state index contributed by atoms with van der Waals surface area (Å²) in [7, 11) is 0. The summed E-state index contributed by atoms with van der Waals surface area (Å²) in [5.41, 5.74) is 2.71. The van der Waals surface area contributed by atoms with E-state index >= 15 is 0 Å². The van der Waals surface area contributed by atoms with Crippen molar-refractivity contribution in [2.45, 2.75) is 26.7 Å². The minimum atomic E-state index is -0.366. The molecule has 5 nitrogen and oxygen atoms in total. The van der Waals surface area contributed by atoms with Gasteiger partial charge in [0.2, 0.25) is 0 Å². The van der Waals surface area contributed by atoms with Gasteiger partial charge < -0.3 is 9.84 Å². The first-order chi connectivity index (χ1) is 14.2. The Bertz CT molecular complexity index is 1040. The van der Waals surface area contributed by atoms with Crippen molar-refractivity contribution in [2.75, 3.05) is 13.2 Å². The molecule has 2 aromatic rings. The second-order valence-corrected chi connectivity index (χ2v) is 10.6. The lowest BCUT2D eigenvalue weighted by atomic mass is 10.0. The lowest BCUT2D eigenvalue weighted by molar-refractivity contribution is -0.123. The lowest BCUT2D eigenvalue weighted by Gasteiger charge is -2.17. The van der Waals surface area contributed by atoms with Gasteiger partial charge in [-0.05, 0) is 105 Å². The zero-order chi connectivity index (χ0) is 22.0. The summed E-state index contributed by atoms with van der Waals surface area (Å²) in [4.78, 5) is 26.6. The Kier molecular flexibility index (Phi) is 7.72. The van der Waals surface area contributed by atoms with Crippen LogP contribution >= 0.6 is 56.9 Å². The van der Waals surface area contributed by atoms with Gasteiger partial charge in [-0.25, -0.2) is 0 Å². The SMILES string of the molecule is Cc1ccc(C(C)C)c(OCCN2C(=O)S/C(=C\c3cc(I)cc(I)c3O)C2=O)c1. The van der Waals surface area contributed by atoms with Crippen LogP contribution in [-0.4, -0.2) is 34.3 Å². The van der Waals surface area contributed by atoms with Crippen molar-refractivity contribution in [2.24, 2.45) is 0 Å². The monoisotopic (exact) mass is 649 g/mol. The molecule has 0 radical (unpaired) electrons. The highest BCUT2D eigenvalue weighted by Gasteiger charge is 2.35. The molecule has 8 heteroatoms. The van der Waals surface area contributed by atoms with Crippen molar-refractivity contribution >= 4 is 74.2 Å². The molecule has 0 bridgehead atoms. The molecule has 158 valence electrons. The van der Waals surface area contributed by atoms with Crippen LogP contribution in [-0.2, 0) is 4.79 Å². The first-order valence-corrected chi connectivity index (χ1v) is 12.3. The third-order valence-electron chi connectivity index (χ3n) is 4.58. The van der Waals surface area contributed by atoms with Crippen LogP contribution in [0.2, 0.25) is 0 Å². The fraction of sp³-hybridized carbons (Fsp3) is 0.273. The summed E-state index contributed by atoms with van der Waals surface area (Å²) in [5.74, 6) is 0.831. The number of thioether (sulfide) groups is 1. The molecular weight excluding hydrogens is 628 g/mol. The first kappa shape index (κ1) is 23.4. The molecule has 1 N–H and O–H groups in total. The Hall–Kier alpha value is -1.27. The first-order valence-electron chi connectivity index (χ1n) is 9.34. The standard InChI is InChI=1S/C22H21I2NO4S/c1-12(2)16-5-4-13(3)8-18(16)29-7-6-25-21(27)19(30-22(25)28)10-14-9-15(23)11-17(24)20(14)26/h4-5,8-12,26H,6-7H2,1-3H3/b19-10-. The molecule has 2 aromatic carbocycles. The second kappa shape index (κ2) is 9.90. The molecule has 3 rings (SSSR count). The summed E-state index contributed by atoms with van der Waals surface area (Å²) in [5, 5.41) is 9.94. The van der Waals surface area contributed by atoms with Gasteiger partial charge in [0.15, 0.2) is 0 Å². The van der Waals surface area contributed by atoms with Gasteiger partial charge in [-0.3, -0.25) is 14.5 Å². The zero-order valence-electron chi connectivity index (χ0n) is 16.7. The van der Waals surface area contributed by atoms with Crippen LogP contribution < -0.4 is 4.74 Å². The van der Waals surface area contributed by atoms with Crippen LogP contribution in [0.4, 0.5) is 4.79 Å². The van der Waals surface area contributed by atoms with Crippen molar-refractivity contribution in [3.63, 3.8) is 0 Å². The number of rotatable bonds is 6. The third-order valence-corrected chi connectivity index (χ3v) is 6.93. The Morgan fingerprint density at radius 3 is 2.63 bits per heavy atom. The van der Waals surface area contributed by atoms with E-state index in [-0.39, 0.29) is 30.0 Å². The fourth-order valence-electron chi connectivity index (χ4n) is 3.02. The van der Waals surface area contributed by atoms with Crippen molar-refractivity contribution in [3.05, 3.63) is 59.1 Å². The number of imide groups is 1. The highest BCUT2D eigenvalue weighted by molar-refractivity contribution is 14.1. The molecule has 0 aromatic heterocycles. The number of aryl methyl sites for hydroxylation is 1. The quantitative estimate of drug-likeness (QED) is 0.301. The number of halogens is 2. The molecule has 1 heterocycles. The Morgan fingerprint density at radius 2 is 1.93 bits per heavy atom. The van der Waals surface area contributed by atoms with E-state index in [4.69, 9.17) is 4.74 Å². The largest absolute Gasteiger partial charge is 0.506 e. The van der Waals surface area contributed by atoms with E-state index in [0.717, 1.165) is 32.2 Å². The Morgan fingerprint density at radius 1 is 1.20 bits per heavy atom. The maximum Gasteiger partial charge on any atom is 0.293 e. The average molecular weight is 649 g/mol. The van der Waals surface area contributed by atoms with E-state index in [2.05, 4.69) is 36.4 Å². The molecule has 1 saturated heterocycles. The van der Waals surface area contributed by atoms with Gasteiger partial charge >= 0.3 is 0 Å². The number of ether oxygens (including phenoxy) is 1. The highest BCUT2D eigenvalue weighted by atomic mass is 127. The van der Waals surface area contributed by atoms with Crippen LogP contribution in [0.1, 0.15) is 36.5 Å². The highest BCUT2D eigenvalue weighted by Crippen LogP contribution is 2.36. The van der Waals surface area contributed by atoms with Crippen LogP contribution in [0.3, 0.4) is 0 Å². The summed E-state index contributed by atoms with van der Waals surface area (Å²) >= 11 is 5.07. The number of phenols is 1. The Balaban J connectivity index is 1.72. The fourth-order valence-corrected chi connectivity index (χ4v) is 5.77.